The van der Waals surface area contributed by atoms with Gasteiger partial charge in [-0.3, -0.25) is 0 Å². The zero-order valence-electron chi connectivity index (χ0n) is 16.2. The van der Waals surface area contributed by atoms with Crippen molar-refractivity contribution in [1.29, 1.82) is 0 Å². The molecular weight excluding hydrogens is 378 g/mol. The van der Waals surface area contributed by atoms with Crippen LogP contribution in [0, 0.1) is 10.4 Å². The lowest BCUT2D eigenvalue weighted by molar-refractivity contribution is -0.377. The Balaban J connectivity index is 1.77. The van der Waals surface area contributed by atoms with E-state index in [9.17, 15) is 20.3 Å². The van der Waals surface area contributed by atoms with Crippen molar-refractivity contribution in [2.24, 2.45) is 0 Å². The highest BCUT2D eigenvalue weighted by molar-refractivity contribution is 6.03. The number of benzene rings is 1. The van der Waals surface area contributed by atoms with Gasteiger partial charge in [0.1, 0.15) is 16.9 Å². The first-order valence-corrected chi connectivity index (χ1v) is 8.82. The van der Waals surface area contributed by atoms with Crippen molar-refractivity contribution in [1.82, 2.24) is 0 Å². The maximum absolute atomic E-state index is 11.8. The topological polar surface area (TPSA) is 118 Å². The molecule has 0 saturated heterocycles. The van der Waals surface area contributed by atoms with Crippen LogP contribution in [0.2, 0.25) is 0 Å². The number of carbonyl (C=O) groups is 1. The van der Waals surface area contributed by atoms with Crippen LogP contribution in [0.15, 0.2) is 52.5 Å². The van der Waals surface area contributed by atoms with Crippen LogP contribution in [0.5, 0.6) is 11.5 Å². The molecule has 1 aromatic carbocycles. The van der Waals surface area contributed by atoms with E-state index in [1.807, 2.05) is 0 Å². The van der Waals surface area contributed by atoms with Crippen molar-refractivity contribution in [3.05, 3.63) is 64.3 Å². The molecule has 0 saturated carbocycles. The summed E-state index contributed by atoms with van der Waals surface area (Å²) in [4.78, 5) is 11.3. The minimum atomic E-state index is -0.597. The third-order valence-corrected chi connectivity index (χ3v) is 3.84. The Kier molecular flexibility index (Phi) is 5.36. The van der Waals surface area contributed by atoms with Crippen LogP contribution in [0.1, 0.15) is 26.5 Å². The molecular formula is C21H20NO7-. The highest BCUT2D eigenvalue weighted by Crippen LogP contribution is 2.35. The summed E-state index contributed by atoms with van der Waals surface area (Å²) in [6.07, 6.45) is 7.42. The SMILES string of the molecule is CC(C)(C)OC(=O)COc1ccc2c(O)c(C=C3C=CC(=[N+]([O-])[O-])C=C3)oc2c1. The molecule has 0 atom stereocenters. The third-order valence-electron chi connectivity index (χ3n) is 3.84. The van der Waals surface area contributed by atoms with E-state index in [4.69, 9.17) is 13.9 Å². The van der Waals surface area contributed by atoms with Crippen molar-refractivity contribution < 1.29 is 28.7 Å². The number of fused-ring (bicyclic) bond motifs is 1. The molecule has 1 N–H and O–H groups in total. The van der Waals surface area contributed by atoms with Crippen molar-refractivity contribution in [3.8, 4) is 11.5 Å². The number of esters is 1. The Labute approximate surface area is 166 Å². The molecule has 0 spiro atoms. The molecule has 1 heterocycles. The zero-order chi connectivity index (χ0) is 21.2. The molecule has 8 heteroatoms. The number of hydrogen-bond acceptors (Lipinski definition) is 7. The number of nitrogens with zero attached hydrogens (tertiary/aromatic N) is 1. The van der Waals surface area contributed by atoms with E-state index >= 15 is 0 Å². The van der Waals surface area contributed by atoms with Crippen LogP contribution in [-0.2, 0) is 9.53 Å². The zero-order valence-corrected chi connectivity index (χ0v) is 16.2. The number of hydrogen-bond donors (Lipinski definition) is 1. The van der Waals surface area contributed by atoms with E-state index in [1.54, 1.807) is 57.2 Å². The molecule has 3 rings (SSSR count). The summed E-state index contributed by atoms with van der Waals surface area (Å²) in [5.74, 6) is 0.0428. The smallest absolute Gasteiger partial charge is 0.344 e. The number of furan rings is 1. The van der Waals surface area contributed by atoms with Gasteiger partial charge in [-0.05, 0) is 56.7 Å². The molecule has 0 fully saturated rings. The molecule has 152 valence electrons. The maximum Gasteiger partial charge on any atom is 0.344 e. The van der Waals surface area contributed by atoms with E-state index < -0.39 is 16.5 Å². The van der Waals surface area contributed by atoms with Crippen LogP contribution in [0.3, 0.4) is 0 Å². The standard InChI is InChI=1S/C21H20NO7/c1-21(2,3)29-19(23)12-27-15-8-9-16-17(11-15)28-18(20(16)24)10-13-4-6-14(7-5-13)22(25)26/h4-11H,12H2,1-3H3,(H-,24,25,26)/q-1. The average Bonchev–Trinajstić information content (AvgIpc) is 2.94. The summed E-state index contributed by atoms with van der Waals surface area (Å²) in [6.45, 7) is 5.06. The normalized spacial score (nSPS) is 13.6. The predicted octanol–water partition coefficient (Wildman–Crippen LogP) is 3.82. The first-order chi connectivity index (χ1) is 13.6. The van der Waals surface area contributed by atoms with Gasteiger partial charge in [0.15, 0.2) is 18.1 Å². The molecule has 0 radical (unpaired) electrons. The number of allylic oxidation sites excluding steroid dienone is 5. The molecule has 1 aliphatic rings. The molecule has 2 aromatic rings. The van der Waals surface area contributed by atoms with Gasteiger partial charge in [0, 0.05) is 18.2 Å². The van der Waals surface area contributed by atoms with Crippen molar-refractivity contribution in [3.63, 3.8) is 0 Å². The highest BCUT2D eigenvalue weighted by Gasteiger charge is 2.17. The lowest BCUT2D eigenvalue weighted by Crippen LogP contribution is -2.27. The van der Waals surface area contributed by atoms with Gasteiger partial charge in [-0.2, -0.15) is 4.90 Å². The number of aromatic hydroxyl groups is 1. The van der Waals surface area contributed by atoms with Gasteiger partial charge >= 0.3 is 5.97 Å². The number of rotatable bonds is 4. The molecule has 0 aliphatic heterocycles. The second-order valence-electron chi connectivity index (χ2n) is 7.34. The van der Waals surface area contributed by atoms with Gasteiger partial charge in [-0.1, -0.05) is 0 Å². The van der Waals surface area contributed by atoms with E-state index in [0.29, 0.717) is 22.3 Å². The van der Waals surface area contributed by atoms with Crippen LogP contribution < -0.4 is 4.74 Å². The largest absolute Gasteiger partial charge is 0.612 e. The van der Waals surface area contributed by atoms with E-state index in [2.05, 4.69) is 0 Å². The summed E-state index contributed by atoms with van der Waals surface area (Å²) in [6, 6.07) is 4.79. The lowest BCUT2D eigenvalue weighted by atomic mass is 10.1. The van der Waals surface area contributed by atoms with Gasteiger partial charge in [0.05, 0.1) is 5.39 Å². The average molecular weight is 398 g/mol. The quantitative estimate of drug-likeness (QED) is 0.472. The van der Waals surface area contributed by atoms with Crippen molar-refractivity contribution >= 4 is 28.7 Å². The van der Waals surface area contributed by atoms with Gasteiger partial charge in [-0.15, -0.1) is 0 Å². The molecule has 1 aromatic heterocycles. The Bertz CT molecular complexity index is 1040. The minimum absolute atomic E-state index is 0.0252. The second kappa shape index (κ2) is 7.75. The highest BCUT2D eigenvalue weighted by atomic mass is 16.8. The first-order valence-electron chi connectivity index (χ1n) is 8.82. The number of carbonyl (C=O) groups excluding carboxylic acids is 1. The van der Waals surface area contributed by atoms with Crippen LogP contribution in [-0.4, -0.2) is 33.9 Å². The van der Waals surface area contributed by atoms with Gasteiger partial charge < -0.3 is 29.4 Å². The maximum atomic E-state index is 11.8. The predicted molar refractivity (Wildman–Crippen MR) is 107 cm³/mol. The van der Waals surface area contributed by atoms with Gasteiger partial charge in [0.25, 0.3) is 0 Å². The summed E-state index contributed by atoms with van der Waals surface area (Å²) < 4.78 is 16.3. The fraction of sp³-hybridized carbons (Fsp3) is 0.238. The Morgan fingerprint density at radius 3 is 2.52 bits per heavy atom. The third kappa shape index (κ3) is 4.98. The lowest BCUT2D eigenvalue weighted by Gasteiger charge is -2.19. The monoisotopic (exact) mass is 398 g/mol. The Hall–Kier alpha value is -3.68. The molecule has 0 bridgehead atoms. The summed E-state index contributed by atoms with van der Waals surface area (Å²) >= 11 is 0. The van der Waals surface area contributed by atoms with Crippen LogP contribution in [0.4, 0.5) is 0 Å². The minimum Gasteiger partial charge on any atom is -0.612 e. The summed E-state index contributed by atoms with van der Waals surface area (Å²) in [5, 5.41) is 32.3. The fourth-order valence-electron chi connectivity index (χ4n) is 2.63. The molecule has 0 amide bonds. The first kappa shape index (κ1) is 20.1. The molecule has 8 nitrogen and oxygen atoms in total. The molecule has 1 aliphatic carbocycles. The number of ether oxygens (including phenoxy) is 2. The van der Waals surface area contributed by atoms with Crippen LogP contribution in [0.25, 0.3) is 17.0 Å². The molecule has 0 unspecified atom stereocenters. The Morgan fingerprint density at radius 2 is 1.90 bits per heavy atom. The Morgan fingerprint density at radius 1 is 1.21 bits per heavy atom. The fourth-order valence-corrected chi connectivity index (χ4v) is 2.63. The van der Waals surface area contributed by atoms with Gasteiger partial charge in [0.2, 0.25) is 5.71 Å². The van der Waals surface area contributed by atoms with Crippen molar-refractivity contribution in [2.75, 3.05) is 6.61 Å². The van der Waals surface area contributed by atoms with Gasteiger partial charge in [-0.25, -0.2) is 4.79 Å². The summed E-state index contributed by atoms with van der Waals surface area (Å²) in [5.41, 5.74) is 0.381. The molecule has 29 heavy (non-hydrogen) atoms. The van der Waals surface area contributed by atoms with E-state index in [1.165, 1.54) is 12.2 Å². The van der Waals surface area contributed by atoms with E-state index in [-0.39, 0.29) is 23.8 Å². The summed E-state index contributed by atoms with van der Waals surface area (Å²) in [7, 11) is 0. The van der Waals surface area contributed by atoms with Crippen LogP contribution >= 0.6 is 0 Å². The van der Waals surface area contributed by atoms with E-state index in [0.717, 1.165) is 0 Å². The van der Waals surface area contributed by atoms with Crippen molar-refractivity contribution in [2.45, 2.75) is 26.4 Å². The second-order valence-corrected chi connectivity index (χ2v) is 7.34.